The first kappa shape index (κ1) is 24.9. The molecule has 184 valence electrons. The van der Waals surface area contributed by atoms with Crippen LogP contribution in [0.15, 0.2) is 53.6 Å². The second-order valence-corrected chi connectivity index (χ2v) is 10.5. The van der Waals surface area contributed by atoms with Crippen LogP contribution < -0.4 is 9.46 Å². The zero-order chi connectivity index (χ0) is 25.0. The molecule has 1 aromatic carbocycles. The van der Waals surface area contributed by atoms with Crippen molar-refractivity contribution in [1.29, 1.82) is 0 Å². The van der Waals surface area contributed by atoms with Gasteiger partial charge in [-0.3, -0.25) is 9.52 Å². The molecule has 0 aliphatic heterocycles. The van der Waals surface area contributed by atoms with Gasteiger partial charge in [0.05, 0.1) is 10.7 Å². The highest BCUT2D eigenvalue weighted by Crippen LogP contribution is 2.33. The molecule has 2 aromatic heterocycles. The maximum absolute atomic E-state index is 13.1. The van der Waals surface area contributed by atoms with E-state index in [0.717, 1.165) is 16.7 Å². The lowest BCUT2D eigenvalue weighted by Crippen LogP contribution is -2.28. The number of aryl methyl sites for hydroxylation is 2. The van der Waals surface area contributed by atoms with E-state index in [2.05, 4.69) is 14.7 Å². The molecule has 1 saturated carbocycles. The van der Waals surface area contributed by atoms with Gasteiger partial charge in [0.1, 0.15) is 18.0 Å². The minimum absolute atomic E-state index is 0.101. The van der Waals surface area contributed by atoms with Crippen LogP contribution in [-0.4, -0.2) is 37.1 Å². The summed E-state index contributed by atoms with van der Waals surface area (Å²) >= 11 is 6.41. The van der Waals surface area contributed by atoms with E-state index in [1.165, 1.54) is 12.1 Å². The summed E-state index contributed by atoms with van der Waals surface area (Å²) in [5.41, 5.74) is 3.33. The Morgan fingerprint density at radius 2 is 1.60 bits per heavy atom. The number of nitrogens with one attached hydrogen (secondary N) is 1. The molecular formula is C25H26ClN3O5S. The van der Waals surface area contributed by atoms with E-state index in [9.17, 15) is 13.2 Å². The molecule has 1 aliphatic rings. The largest absolute Gasteiger partial charge is 0.474 e. The molecule has 10 heteroatoms. The number of nitrogens with zero attached hydrogens (tertiary/aromatic N) is 2. The number of hydrogen-bond donors (Lipinski definition) is 1. The van der Waals surface area contributed by atoms with Gasteiger partial charge in [0, 0.05) is 11.6 Å². The Morgan fingerprint density at radius 3 is 2.29 bits per heavy atom. The fourth-order valence-electron chi connectivity index (χ4n) is 4.20. The number of rotatable bonds is 8. The molecule has 3 aromatic rings. The number of sulfonamides is 1. The number of pyridine rings is 2. The molecule has 8 nitrogen and oxygen atoms in total. The van der Waals surface area contributed by atoms with Crippen LogP contribution in [0, 0.1) is 13.8 Å². The van der Waals surface area contributed by atoms with Crippen molar-refractivity contribution in [3.05, 3.63) is 64.7 Å². The fraction of sp³-hybridized carbons (Fsp3) is 0.320. The van der Waals surface area contributed by atoms with E-state index in [4.69, 9.17) is 21.1 Å². The molecule has 0 saturated heterocycles. The maximum Gasteiger partial charge on any atom is 0.293 e. The molecule has 1 N–H and O–H groups in total. The third kappa shape index (κ3) is 5.91. The van der Waals surface area contributed by atoms with Crippen LogP contribution in [0.4, 0.5) is 5.82 Å². The van der Waals surface area contributed by atoms with Crippen molar-refractivity contribution >= 4 is 33.9 Å². The molecule has 1 fully saturated rings. The van der Waals surface area contributed by atoms with Crippen LogP contribution in [0.1, 0.15) is 36.8 Å². The predicted molar refractivity (Wildman–Crippen MR) is 133 cm³/mol. The number of carbonyl (C=O) groups excluding carboxylic acids is 1. The summed E-state index contributed by atoms with van der Waals surface area (Å²) < 4.78 is 39.6. The van der Waals surface area contributed by atoms with Gasteiger partial charge in [-0.2, -0.15) is 13.4 Å². The molecule has 1 aliphatic carbocycles. The zero-order valence-corrected chi connectivity index (χ0v) is 21.0. The molecule has 0 radical (unpaired) electrons. The number of benzene rings is 1. The number of carbonyl (C=O) groups is 1. The Hall–Kier alpha value is -3.17. The van der Waals surface area contributed by atoms with E-state index in [-0.39, 0.29) is 28.9 Å². The monoisotopic (exact) mass is 515 g/mol. The Balaban J connectivity index is 1.52. The van der Waals surface area contributed by atoms with E-state index >= 15 is 0 Å². The summed E-state index contributed by atoms with van der Waals surface area (Å²) in [6.07, 6.45) is 2.52. The lowest BCUT2D eigenvalue weighted by molar-refractivity contribution is -0.135. The van der Waals surface area contributed by atoms with Crippen LogP contribution in [-0.2, 0) is 19.6 Å². The molecule has 4 rings (SSSR count). The first-order valence-electron chi connectivity index (χ1n) is 11.3. The van der Waals surface area contributed by atoms with E-state index < -0.39 is 10.0 Å². The van der Waals surface area contributed by atoms with Crippen molar-refractivity contribution in [2.45, 2.75) is 56.8 Å². The average Bonchev–Trinajstić information content (AvgIpc) is 2.82. The normalized spacial score (nSPS) is 18.0. The van der Waals surface area contributed by atoms with Crippen LogP contribution in [0.5, 0.6) is 5.88 Å². The maximum atomic E-state index is 13.1. The van der Waals surface area contributed by atoms with Gasteiger partial charge in [0.15, 0.2) is 5.03 Å². The molecule has 35 heavy (non-hydrogen) atoms. The third-order valence-corrected chi connectivity index (χ3v) is 7.49. The number of hydrogen-bond acceptors (Lipinski definition) is 7. The van der Waals surface area contributed by atoms with Crippen molar-refractivity contribution in [2.24, 2.45) is 0 Å². The lowest BCUT2D eigenvalue weighted by atomic mass is 9.95. The quantitative estimate of drug-likeness (QED) is 0.417. The predicted octanol–water partition coefficient (Wildman–Crippen LogP) is 5.08. The second kappa shape index (κ2) is 10.6. The summed E-state index contributed by atoms with van der Waals surface area (Å²) in [7, 11) is -4.03. The topological polar surface area (TPSA) is 107 Å². The smallest absolute Gasteiger partial charge is 0.293 e. The number of halogens is 1. The minimum Gasteiger partial charge on any atom is -0.474 e. The van der Waals surface area contributed by atoms with Crippen molar-refractivity contribution in [1.82, 2.24) is 9.97 Å². The van der Waals surface area contributed by atoms with Gasteiger partial charge in [-0.25, -0.2) is 4.98 Å². The first-order chi connectivity index (χ1) is 16.8. The Kier molecular flexibility index (Phi) is 7.57. The average molecular weight is 516 g/mol. The number of aromatic nitrogens is 2. The van der Waals surface area contributed by atoms with Crippen LogP contribution in [0.2, 0.25) is 5.02 Å². The van der Waals surface area contributed by atoms with Crippen LogP contribution in [0.25, 0.3) is 11.3 Å². The summed E-state index contributed by atoms with van der Waals surface area (Å²) in [6, 6.07) is 13.6. The Bertz CT molecular complexity index is 1300. The summed E-state index contributed by atoms with van der Waals surface area (Å²) in [5.74, 6) is 0.349. The molecule has 0 bridgehead atoms. The standard InChI is InChI=1S/C25H26ClN3O5S/c1-16-5-3-6-17(2)24(16)25-20(26)13-14-21(27-25)29-35(31,32)23-8-4-7-22(28-23)34-19-11-9-18(10-12-19)33-15-30/h3-8,13-15,18-19H,9-12H2,1-2H3,(H,27,29)/t18-,19+. The van der Waals surface area contributed by atoms with Gasteiger partial charge >= 0.3 is 0 Å². The Labute approximate surface area is 209 Å². The SMILES string of the molecule is Cc1cccc(C)c1-c1nc(NS(=O)(=O)c2cccc(O[C@H]3CC[C@@H](OC=O)CC3)n2)ccc1Cl. The minimum atomic E-state index is -4.03. The Morgan fingerprint density at radius 1 is 0.943 bits per heavy atom. The van der Waals surface area contributed by atoms with Gasteiger partial charge in [-0.15, -0.1) is 0 Å². The van der Waals surface area contributed by atoms with E-state index in [1.807, 2.05) is 32.0 Å². The summed E-state index contributed by atoms with van der Waals surface area (Å²) in [4.78, 5) is 19.2. The van der Waals surface area contributed by atoms with E-state index in [0.29, 0.717) is 42.9 Å². The number of ether oxygens (including phenoxy) is 2. The van der Waals surface area contributed by atoms with E-state index in [1.54, 1.807) is 18.2 Å². The molecule has 0 spiro atoms. The summed E-state index contributed by atoms with van der Waals surface area (Å²) in [5, 5.41) is 0.241. The van der Waals surface area contributed by atoms with Crippen molar-refractivity contribution < 1.29 is 22.7 Å². The van der Waals surface area contributed by atoms with Gasteiger partial charge in [0.2, 0.25) is 5.88 Å². The lowest BCUT2D eigenvalue weighted by Gasteiger charge is -2.27. The highest BCUT2D eigenvalue weighted by Gasteiger charge is 2.25. The fourth-order valence-corrected chi connectivity index (χ4v) is 5.36. The molecule has 0 unspecified atom stereocenters. The molecule has 2 heterocycles. The van der Waals surface area contributed by atoms with Crippen molar-refractivity contribution in [2.75, 3.05) is 4.72 Å². The van der Waals surface area contributed by atoms with Crippen molar-refractivity contribution in [3.8, 4) is 17.1 Å². The number of anilines is 1. The molecule has 0 amide bonds. The molecular weight excluding hydrogens is 490 g/mol. The van der Waals surface area contributed by atoms with Gasteiger partial charge < -0.3 is 9.47 Å². The van der Waals surface area contributed by atoms with Crippen molar-refractivity contribution in [3.63, 3.8) is 0 Å². The molecule has 0 atom stereocenters. The highest BCUT2D eigenvalue weighted by atomic mass is 35.5. The second-order valence-electron chi connectivity index (χ2n) is 8.46. The summed E-state index contributed by atoms with van der Waals surface area (Å²) in [6.45, 7) is 4.37. The van der Waals surface area contributed by atoms with Gasteiger partial charge in [0.25, 0.3) is 16.5 Å². The van der Waals surface area contributed by atoms with Gasteiger partial charge in [-0.1, -0.05) is 35.9 Å². The zero-order valence-electron chi connectivity index (χ0n) is 19.4. The van der Waals surface area contributed by atoms with Gasteiger partial charge in [-0.05, 0) is 68.9 Å². The van der Waals surface area contributed by atoms with Crippen LogP contribution >= 0.6 is 11.6 Å². The first-order valence-corrected chi connectivity index (χ1v) is 13.1. The third-order valence-electron chi connectivity index (χ3n) is 5.93. The van der Waals surface area contributed by atoms with Crippen LogP contribution in [0.3, 0.4) is 0 Å². The highest BCUT2D eigenvalue weighted by molar-refractivity contribution is 7.92.